The van der Waals surface area contributed by atoms with Crippen LogP contribution < -0.4 is 15.4 Å². The summed E-state index contributed by atoms with van der Waals surface area (Å²) in [4.78, 5) is 33.7. The summed E-state index contributed by atoms with van der Waals surface area (Å²) >= 11 is 1.67. The summed E-state index contributed by atoms with van der Waals surface area (Å²) in [5.74, 6) is -0.0905. The topological polar surface area (TPSA) is 93.2 Å². The molecule has 2 N–H and O–H groups in total. The molecule has 0 saturated carbocycles. The number of fused-ring (bicyclic) bond motifs is 3. The van der Waals surface area contributed by atoms with E-state index in [4.69, 9.17) is 4.74 Å². The zero-order valence-corrected chi connectivity index (χ0v) is 13.7. The van der Waals surface area contributed by atoms with Crippen molar-refractivity contribution in [3.05, 3.63) is 16.8 Å². The van der Waals surface area contributed by atoms with Crippen molar-refractivity contribution in [2.45, 2.75) is 32.6 Å². The van der Waals surface area contributed by atoms with Crippen LogP contribution in [0.3, 0.4) is 0 Å². The number of amides is 3. The molecular formula is C15H18N4O3S. The predicted molar refractivity (Wildman–Crippen MR) is 86.8 cm³/mol. The Kier molecular flexibility index (Phi) is 4.71. The van der Waals surface area contributed by atoms with Gasteiger partial charge in [0.15, 0.2) is 6.61 Å². The van der Waals surface area contributed by atoms with E-state index in [1.54, 1.807) is 18.3 Å². The number of thiophene rings is 1. The van der Waals surface area contributed by atoms with Crippen molar-refractivity contribution in [3.8, 4) is 5.88 Å². The molecular weight excluding hydrogens is 316 g/mol. The Morgan fingerprint density at radius 2 is 2.13 bits per heavy atom. The largest absolute Gasteiger partial charge is 0.467 e. The molecule has 3 rings (SSSR count). The molecule has 7 nitrogen and oxygen atoms in total. The molecule has 0 aliphatic heterocycles. The van der Waals surface area contributed by atoms with Crippen LogP contribution in [-0.2, 0) is 17.6 Å². The third-order valence-corrected chi connectivity index (χ3v) is 4.85. The molecule has 0 fully saturated rings. The first-order chi connectivity index (χ1) is 11.2. The third kappa shape index (κ3) is 3.42. The van der Waals surface area contributed by atoms with Crippen molar-refractivity contribution in [1.29, 1.82) is 0 Å². The number of ether oxygens (including phenoxy) is 1. The lowest BCUT2D eigenvalue weighted by molar-refractivity contribution is -0.122. The summed E-state index contributed by atoms with van der Waals surface area (Å²) in [7, 11) is 0. The van der Waals surface area contributed by atoms with Crippen LogP contribution in [0.25, 0.3) is 10.2 Å². The minimum absolute atomic E-state index is 0.256. The molecule has 0 aromatic carbocycles. The van der Waals surface area contributed by atoms with Crippen molar-refractivity contribution >= 4 is 33.5 Å². The Hall–Kier alpha value is -2.22. The van der Waals surface area contributed by atoms with Crippen LogP contribution >= 0.6 is 11.3 Å². The van der Waals surface area contributed by atoms with E-state index >= 15 is 0 Å². The molecule has 1 aliphatic carbocycles. The number of imide groups is 1. The number of rotatable bonds is 4. The SMILES string of the molecule is CCNC(=O)NC(=O)COc1ncnc2sc3c(c12)CCCC3. The van der Waals surface area contributed by atoms with Gasteiger partial charge in [-0.3, -0.25) is 10.1 Å². The summed E-state index contributed by atoms with van der Waals surface area (Å²) in [5, 5.41) is 5.61. The van der Waals surface area contributed by atoms with Crippen LogP contribution in [0.5, 0.6) is 5.88 Å². The number of hydrogen-bond acceptors (Lipinski definition) is 6. The smallest absolute Gasteiger partial charge is 0.321 e. The van der Waals surface area contributed by atoms with Gasteiger partial charge in [-0.15, -0.1) is 11.3 Å². The van der Waals surface area contributed by atoms with Gasteiger partial charge >= 0.3 is 6.03 Å². The van der Waals surface area contributed by atoms with E-state index in [1.807, 2.05) is 0 Å². The van der Waals surface area contributed by atoms with E-state index < -0.39 is 11.9 Å². The lowest BCUT2D eigenvalue weighted by Gasteiger charge is -2.12. The molecule has 0 atom stereocenters. The Balaban J connectivity index is 1.74. The Morgan fingerprint density at radius 3 is 2.96 bits per heavy atom. The molecule has 8 heteroatoms. The van der Waals surface area contributed by atoms with Gasteiger partial charge in [0.1, 0.15) is 11.2 Å². The number of nitrogens with zero attached hydrogens (tertiary/aromatic N) is 2. The highest BCUT2D eigenvalue weighted by molar-refractivity contribution is 7.18. The van der Waals surface area contributed by atoms with Crippen LogP contribution in [0.1, 0.15) is 30.2 Å². The fraction of sp³-hybridized carbons (Fsp3) is 0.467. The summed E-state index contributed by atoms with van der Waals surface area (Å²) < 4.78 is 5.55. The summed E-state index contributed by atoms with van der Waals surface area (Å²) in [6.45, 7) is 1.97. The second-order valence-corrected chi connectivity index (χ2v) is 6.35. The number of carbonyl (C=O) groups excluding carboxylic acids is 2. The molecule has 1 aliphatic rings. The second kappa shape index (κ2) is 6.91. The zero-order valence-electron chi connectivity index (χ0n) is 12.8. The van der Waals surface area contributed by atoms with Gasteiger partial charge in [0.05, 0.1) is 5.39 Å². The van der Waals surface area contributed by atoms with Gasteiger partial charge in [-0.1, -0.05) is 0 Å². The molecule has 122 valence electrons. The maximum Gasteiger partial charge on any atom is 0.321 e. The average Bonchev–Trinajstić information content (AvgIpc) is 2.92. The first kappa shape index (κ1) is 15.7. The van der Waals surface area contributed by atoms with E-state index in [0.717, 1.165) is 29.5 Å². The molecule has 2 heterocycles. The number of aromatic nitrogens is 2. The van der Waals surface area contributed by atoms with E-state index in [2.05, 4.69) is 20.6 Å². The van der Waals surface area contributed by atoms with Crippen molar-refractivity contribution in [2.24, 2.45) is 0 Å². The monoisotopic (exact) mass is 334 g/mol. The average molecular weight is 334 g/mol. The lowest BCUT2D eigenvalue weighted by Crippen LogP contribution is -2.41. The molecule has 0 saturated heterocycles. The van der Waals surface area contributed by atoms with Gasteiger partial charge in [0, 0.05) is 11.4 Å². The number of carbonyl (C=O) groups is 2. The Labute approximate surface area is 137 Å². The molecule has 0 bridgehead atoms. The summed E-state index contributed by atoms with van der Waals surface area (Å²) in [6.07, 6.45) is 5.84. The second-order valence-electron chi connectivity index (χ2n) is 5.27. The third-order valence-electron chi connectivity index (χ3n) is 3.65. The maximum absolute atomic E-state index is 11.7. The molecule has 0 spiro atoms. The van der Waals surface area contributed by atoms with Crippen molar-refractivity contribution < 1.29 is 14.3 Å². The van der Waals surface area contributed by atoms with Gasteiger partial charge in [-0.2, -0.15) is 0 Å². The fourth-order valence-corrected chi connectivity index (χ4v) is 3.89. The quantitative estimate of drug-likeness (QED) is 0.889. The minimum Gasteiger partial charge on any atom is -0.467 e. The van der Waals surface area contributed by atoms with Crippen LogP contribution in [0, 0.1) is 0 Å². The fourth-order valence-electron chi connectivity index (χ4n) is 2.67. The molecule has 2 aromatic heterocycles. The Bertz CT molecular complexity index is 744. The van der Waals surface area contributed by atoms with Gasteiger partial charge in [0.2, 0.25) is 5.88 Å². The first-order valence-electron chi connectivity index (χ1n) is 7.64. The number of urea groups is 1. The van der Waals surface area contributed by atoms with Crippen molar-refractivity contribution in [1.82, 2.24) is 20.6 Å². The first-order valence-corrected chi connectivity index (χ1v) is 8.46. The van der Waals surface area contributed by atoms with Gasteiger partial charge in [0.25, 0.3) is 5.91 Å². The van der Waals surface area contributed by atoms with Crippen LogP contribution in [0.4, 0.5) is 4.79 Å². The standard InChI is InChI=1S/C15H18N4O3S/c1-2-16-15(21)19-11(20)7-22-13-12-9-5-3-4-6-10(9)23-14(12)18-8-17-13/h8H,2-7H2,1H3,(H2,16,19,20,21). The molecule has 0 unspecified atom stereocenters. The predicted octanol–water partition coefficient (Wildman–Crippen LogP) is 1.79. The number of aryl methyl sites for hydroxylation is 2. The van der Waals surface area contributed by atoms with Gasteiger partial charge in [-0.05, 0) is 38.2 Å². The van der Waals surface area contributed by atoms with Gasteiger partial charge < -0.3 is 10.1 Å². The van der Waals surface area contributed by atoms with E-state index in [1.165, 1.54) is 23.2 Å². The normalized spacial score (nSPS) is 13.4. The van der Waals surface area contributed by atoms with Crippen LogP contribution in [-0.4, -0.2) is 35.1 Å². The lowest BCUT2D eigenvalue weighted by atomic mass is 9.97. The highest BCUT2D eigenvalue weighted by atomic mass is 32.1. The molecule has 2 aromatic rings. The van der Waals surface area contributed by atoms with Crippen LogP contribution in [0.2, 0.25) is 0 Å². The van der Waals surface area contributed by atoms with E-state index in [0.29, 0.717) is 12.4 Å². The highest BCUT2D eigenvalue weighted by Gasteiger charge is 2.21. The molecule has 0 radical (unpaired) electrons. The molecule has 23 heavy (non-hydrogen) atoms. The van der Waals surface area contributed by atoms with Crippen LogP contribution in [0.15, 0.2) is 6.33 Å². The number of hydrogen-bond donors (Lipinski definition) is 2. The number of nitrogens with one attached hydrogen (secondary N) is 2. The maximum atomic E-state index is 11.7. The highest BCUT2D eigenvalue weighted by Crippen LogP contribution is 2.38. The van der Waals surface area contributed by atoms with E-state index in [9.17, 15) is 9.59 Å². The Morgan fingerprint density at radius 1 is 1.30 bits per heavy atom. The minimum atomic E-state index is -0.526. The zero-order chi connectivity index (χ0) is 16.2. The summed E-state index contributed by atoms with van der Waals surface area (Å²) in [6, 6.07) is -0.526. The van der Waals surface area contributed by atoms with Crippen molar-refractivity contribution in [2.75, 3.05) is 13.2 Å². The van der Waals surface area contributed by atoms with Gasteiger partial charge in [-0.25, -0.2) is 14.8 Å². The van der Waals surface area contributed by atoms with Crippen molar-refractivity contribution in [3.63, 3.8) is 0 Å². The van der Waals surface area contributed by atoms with E-state index in [-0.39, 0.29) is 6.61 Å². The summed E-state index contributed by atoms with van der Waals surface area (Å²) in [5.41, 5.74) is 1.25. The molecule has 3 amide bonds.